The van der Waals surface area contributed by atoms with Crippen LogP contribution in [0.2, 0.25) is 0 Å². The first-order valence-electron chi connectivity index (χ1n) is 4.76. The molecule has 0 aliphatic heterocycles. The molecule has 0 aliphatic carbocycles. The fourth-order valence-electron chi connectivity index (χ4n) is 1.37. The number of nitrogens with zero attached hydrogens (tertiary/aromatic N) is 3. The van der Waals surface area contributed by atoms with Gasteiger partial charge in [-0.15, -0.1) is 0 Å². The van der Waals surface area contributed by atoms with Crippen LogP contribution in [0, 0.1) is 6.92 Å². The first kappa shape index (κ1) is 14.7. The van der Waals surface area contributed by atoms with E-state index in [0.29, 0.717) is 0 Å². The molecule has 0 bridgehead atoms. The highest BCUT2D eigenvalue weighted by atomic mass is 32.3. The number of aromatic carboxylic acids is 1. The lowest BCUT2D eigenvalue weighted by Crippen LogP contribution is -2.07. The molecule has 0 atom stereocenters. The molecule has 0 aliphatic rings. The largest absolute Gasteiger partial charge is 0.488 e. The lowest BCUT2D eigenvalue weighted by atomic mass is 10.0. The van der Waals surface area contributed by atoms with E-state index in [1.807, 2.05) is 0 Å². The number of hydrogen-bond donors (Lipinski definition) is 1. The molecular formula is C9H8FN3O5S. The molecule has 0 radical (unpaired) electrons. The molecule has 0 saturated carbocycles. The lowest BCUT2D eigenvalue weighted by Gasteiger charge is -2.09. The molecule has 0 aromatic heterocycles. The second kappa shape index (κ2) is 5.55. The Morgan fingerprint density at radius 2 is 2.21 bits per heavy atom. The standard InChI is InChI=1S/C9H8FN3O5S/c1-5-7(9(14)15)2-6(4-12-13-11)3-8(5)18-19(10,16)17/h2-3H,4H2,1H3,(H,14,15). The maximum Gasteiger partial charge on any atom is 0.488 e. The zero-order valence-corrected chi connectivity index (χ0v) is 10.4. The lowest BCUT2D eigenvalue weighted by molar-refractivity contribution is 0.0695. The van der Waals surface area contributed by atoms with Gasteiger partial charge in [0.2, 0.25) is 0 Å². The number of azide groups is 1. The zero-order valence-electron chi connectivity index (χ0n) is 9.57. The average molecular weight is 289 g/mol. The molecule has 1 rings (SSSR count). The normalized spacial score (nSPS) is 10.6. The van der Waals surface area contributed by atoms with Gasteiger partial charge in [0.1, 0.15) is 5.75 Å². The molecule has 0 amide bonds. The Labute approximate surface area is 107 Å². The molecule has 0 spiro atoms. The van der Waals surface area contributed by atoms with Gasteiger partial charge in [-0.2, -0.15) is 8.42 Å². The van der Waals surface area contributed by atoms with Crippen molar-refractivity contribution in [2.75, 3.05) is 0 Å². The van der Waals surface area contributed by atoms with Gasteiger partial charge < -0.3 is 9.29 Å². The van der Waals surface area contributed by atoms with Gasteiger partial charge in [-0.25, -0.2) is 4.79 Å². The maximum absolute atomic E-state index is 12.5. The number of rotatable bonds is 5. The van der Waals surface area contributed by atoms with E-state index < -0.39 is 22.2 Å². The minimum absolute atomic E-state index is 0.0570. The molecule has 8 nitrogen and oxygen atoms in total. The summed E-state index contributed by atoms with van der Waals surface area (Å²) in [6.45, 7) is 1.04. The van der Waals surface area contributed by atoms with Gasteiger partial charge in [-0.05, 0) is 30.2 Å². The number of carbonyl (C=O) groups is 1. The SMILES string of the molecule is Cc1c(OS(=O)(=O)F)cc(CN=[N+]=[N-])cc1C(=O)O. The maximum atomic E-state index is 12.5. The van der Waals surface area contributed by atoms with Crippen molar-refractivity contribution in [1.82, 2.24) is 0 Å². The molecule has 0 unspecified atom stereocenters. The molecule has 1 aromatic carbocycles. The highest BCUT2D eigenvalue weighted by Crippen LogP contribution is 2.26. The number of halogens is 1. The van der Waals surface area contributed by atoms with Crippen molar-refractivity contribution < 1.29 is 26.4 Å². The molecule has 0 heterocycles. The van der Waals surface area contributed by atoms with Crippen molar-refractivity contribution in [2.24, 2.45) is 5.11 Å². The molecule has 10 heteroatoms. The first-order valence-corrected chi connectivity index (χ1v) is 6.07. The monoisotopic (exact) mass is 289 g/mol. The molecule has 1 aromatic rings. The van der Waals surface area contributed by atoms with Crippen molar-refractivity contribution in [3.63, 3.8) is 0 Å². The average Bonchev–Trinajstić information content (AvgIpc) is 2.27. The summed E-state index contributed by atoms with van der Waals surface area (Å²) in [4.78, 5) is 13.4. The molecule has 102 valence electrons. The summed E-state index contributed by atoms with van der Waals surface area (Å²) in [5, 5.41) is 12.1. The van der Waals surface area contributed by atoms with Crippen molar-refractivity contribution in [3.05, 3.63) is 39.3 Å². The van der Waals surface area contributed by atoms with Gasteiger partial charge >= 0.3 is 16.5 Å². The molecule has 0 saturated heterocycles. The minimum atomic E-state index is -5.28. The summed E-state index contributed by atoms with van der Waals surface area (Å²) in [5.74, 6) is -1.81. The van der Waals surface area contributed by atoms with Crippen molar-refractivity contribution >= 4 is 16.5 Å². The van der Waals surface area contributed by atoms with Crippen LogP contribution in [0.4, 0.5) is 3.89 Å². The summed E-state index contributed by atoms with van der Waals surface area (Å²) < 4.78 is 37.4. The van der Waals surface area contributed by atoms with Crippen LogP contribution in [0.3, 0.4) is 0 Å². The fourth-order valence-corrected chi connectivity index (χ4v) is 1.75. The van der Waals surface area contributed by atoms with Crippen LogP contribution < -0.4 is 4.18 Å². The van der Waals surface area contributed by atoms with E-state index in [2.05, 4.69) is 14.2 Å². The van der Waals surface area contributed by atoms with Gasteiger partial charge in [-0.1, -0.05) is 9.00 Å². The highest BCUT2D eigenvalue weighted by Gasteiger charge is 2.18. The predicted molar refractivity (Wildman–Crippen MR) is 61.6 cm³/mol. The van der Waals surface area contributed by atoms with E-state index in [0.717, 1.165) is 6.07 Å². The van der Waals surface area contributed by atoms with Gasteiger partial charge in [0, 0.05) is 10.5 Å². The van der Waals surface area contributed by atoms with Crippen LogP contribution in [-0.2, 0) is 17.0 Å². The number of carboxylic acid groups (broad SMARTS) is 1. The van der Waals surface area contributed by atoms with Gasteiger partial charge in [-0.3, -0.25) is 0 Å². The van der Waals surface area contributed by atoms with Crippen LogP contribution in [0.15, 0.2) is 17.2 Å². The van der Waals surface area contributed by atoms with E-state index in [9.17, 15) is 17.1 Å². The van der Waals surface area contributed by atoms with E-state index in [1.165, 1.54) is 13.0 Å². The Hall–Kier alpha value is -2.32. The molecule has 0 fully saturated rings. The predicted octanol–water partition coefficient (Wildman–Crippen LogP) is 2.10. The Balaban J connectivity index is 3.39. The second-order valence-electron chi connectivity index (χ2n) is 3.44. The quantitative estimate of drug-likeness (QED) is 0.384. The zero-order chi connectivity index (χ0) is 14.6. The van der Waals surface area contributed by atoms with Crippen LogP contribution in [0.1, 0.15) is 21.5 Å². The van der Waals surface area contributed by atoms with Crippen molar-refractivity contribution in [2.45, 2.75) is 13.5 Å². The second-order valence-corrected chi connectivity index (χ2v) is 4.39. The third kappa shape index (κ3) is 4.12. The van der Waals surface area contributed by atoms with Gasteiger partial charge in [0.25, 0.3) is 0 Å². The van der Waals surface area contributed by atoms with E-state index in [4.69, 9.17) is 10.6 Å². The van der Waals surface area contributed by atoms with E-state index >= 15 is 0 Å². The first-order chi connectivity index (χ1) is 8.74. The van der Waals surface area contributed by atoms with E-state index in [-0.39, 0.29) is 23.2 Å². The molecule has 1 N–H and O–H groups in total. The summed E-state index contributed by atoms with van der Waals surface area (Å²) >= 11 is 0. The Bertz CT molecular complexity index is 667. The van der Waals surface area contributed by atoms with Crippen LogP contribution in [-0.4, -0.2) is 19.5 Å². The summed E-state index contributed by atoms with van der Waals surface area (Å²) in [6.07, 6.45) is 0. The summed E-state index contributed by atoms with van der Waals surface area (Å²) in [6, 6.07) is 2.28. The minimum Gasteiger partial charge on any atom is -0.478 e. The molecule has 19 heavy (non-hydrogen) atoms. The number of benzene rings is 1. The number of hydrogen-bond acceptors (Lipinski definition) is 5. The van der Waals surface area contributed by atoms with Crippen LogP contribution in [0.5, 0.6) is 5.75 Å². The number of carboxylic acids is 1. The topological polar surface area (TPSA) is 129 Å². The summed E-state index contributed by atoms with van der Waals surface area (Å²) in [7, 11) is -5.28. The van der Waals surface area contributed by atoms with Crippen LogP contribution in [0.25, 0.3) is 10.4 Å². The fraction of sp³-hybridized carbons (Fsp3) is 0.222. The van der Waals surface area contributed by atoms with Gasteiger partial charge in [0.05, 0.1) is 12.1 Å². The Kier molecular flexibility index (Phi) is 4.30. The van der Waals surface area contributed by atoms with E-state index in [1.54, 1.807) is 0 Å². The Morgan fingerprint density at radius 3 is 2.68 bits per heavy atom. The van der Waals surface area contributed by atoms with Gasteiger partial charge in [0.15, 0.2) is 0 Å². The third-order valence-corrected chi connectivity index (χ3v) is 2.53. The smallest absolute Gasteiger partial charge is 0.478 e. The van der Waals surface area contributed by atoms with Crippen molar-refractivity contribution in [1.29, 1.82) is 0 Å². The van der Waals surface area contributed by atoms with Crippen LogP contribution >= 0.6 is 0 Å². The molecular weight excluding hydrogens is 281 g/mol. The highest BCUT2D eigenvalue weighted by molar-refractivity contribution is 7.81. The third-order valence-electron chi connectivity index (χ3n) is 2.16. The Morgan fingerprint density at radius 1 is 1.58 bits per heavy atom. The summed E-state index contributed by atoms with van der Waals surface area (Å²) in [5.41, 5.74) is 8.02. The van der Waals surface area contributed by atoms with Crippen molar-refractivity contribution in [3.8, 4) is 5.75 Å².